The lowest BCUT2D eigenvalue weighted by atomic mass is 9.92. The second-order valence-electron chi connectivity index (χ2n) is 17.7. The largest absolute Gasteiger partial charge is 0.488 e. The summed E-state index contributed by atoms with van der Waals surface area (Å²) < 4.78 is 21.9. The number of carbonyl (C=O) groups excluding carboxylic acids is 4. The van der Waals surface area contributed by atoms with Crippen LogP contribution in [0.5, 0.6) is 5.75 Å². The van der Waals surface area contributed by atoms with Gasteiger partial charge in [-0.05, 0) is 105 Å². The molecule has 0 aliphatic carbocycles. The Hall–Kier alpha value is -5.43. The summed E-state index contributed by atoms with van der Waals surface area (Å²) in [6.45, 7) is 9.30. The maximum absolute atomic E-state index is 14.4. The van der Waals surface area contributed by atoms with Crippen LogP contribution in [0, 0.1) is 11.8 Å². The zero-order valence-corrected chi connectivity index (χ0v) is 38.2. The number of H-pyrrole nitrogens is 2. The van der Waals surface area contributed by atoms with Crippen molar-refractivity contribution in [3.8, 4) is 28.1 Å². The number of rotatable bonds is 9. The van der Waals surface area contributed by atoms with Crippen molar-refractivity contribution in [2.45, 2.75) is 109 Å². The Bertz CT molecular complexity index is 2570. The van der Waals surface area contributed by atoms with Gasteiger partial charge in [0.1, 0.15) is 36.1 Å². The molecule has 3 fully saturated rings. The van der Waals surface area contributed by atoms with Gasteiger partial charge in [-0.3, -0.25) is 9.59 Å². The second-order valence-corrected chi connectivity index (χ2v) is 18.1. The summed E-state index contributed by atoms with van der Waals surface area (Å²) >= 11 is 1.54. The molecule has 3 saturated heterocycles. The molecule has 3 aromatic carbocycles. The van der Waals surface area contributed by atoms with Crippen LogP contribution in [0.3, 0.4) is 0 Å². The number of benzene rings is 3. The highest BCUT2D eigenvalue weighted by Crippen LogP contribution is 2.44. The smallest absolute Gasteiger partial charge is 0.417 e. The fourth-order valence-electron chi connectivity index (χ4n) is 10.1. The van der Waals surface area contributed by atoms with E-state index in [9.17, 15) is 19.2 Å². The number of aromatic nitrogens is 4. The molecule has 63 heavy (non-hydrogen) atoms. The number of fused-ring (bicyclic) bond motifs is 6. The van der Waals surface area contributed by atoms with Crippen LogP contribution in [0.4, 0.5) is 9.59 Å². The lowest BCUT2D eigenvalue weighted by Crippen LogP contribution is -2.54. The summed E-state index contributed by atoms with van der Waals surface area (Å²) in [5.41, 5.74) is 6.57. The minimum absolute atomic E-state index is 0.0184. The minimum Gasteiger partial charge on any atom is -0.488 e. The van der Waals surface area contributed by atoms with Crippen LogP contribution < -0.4 is 15.4 Å². The average Bonchev–Trinajstić information content (AvgIpc) is 4.12. The molecule has 2 aromatic heterocycles. The number of likely N-dealkylation sites (tertiary alicyclic amines) is 2. The third kappa shape index (κ3) is 8.06. The molecule has 4 N–H and O–H groups in total. The zero-order valence-electron chi connectivity index (χ0n) is 36.0. The van der Waals surface area contributed by atoms with E-state index in [0.29, 0.717) is 31.5 Å². The van der Waals surface area contributed by atoms with Crippen molar-refractivity contribution in [2.75, 3.05) is 20.3 Å². The lowest BCUT2D eigenvalue weighted by Gasteiger charge is -2.35. The van der Waals surface area contributed by atoms with Gasteiger partial charge < -0.3 is 47.7 Å². The van der Waals surface area contributed by atoms with E-state index in [0.717, 1.165) is 94.0 Å². The quantitative estimate of drug-likeness (QED) is 0.105. The van der Waals surface area contributed by atoms with Gasteiger partial charge in [0.25, 0.3) is 0 Å². The van der Waals surface area contributed by atoms with Crippen LogP contribution in [0.2, 0.25) is 0 Å². The third-order valence-electron chi connectivity index (χ3n) is 13.4. The summed E-state index contributed by atoms with van der Waals surface area (Å²) in [4.78, 5) is 73.5. The number of alkyl carbamates (subject to hydrolysis) is 1. The van der Waals surface area contributed by atoms with E-state index >= 15 is 0 Å². The molecule has 332 valence electrons. The monoisotopic (exact) mass is 972 g/mol. The molecule has 0 spiro atoms. The molecular weight excluding hydrogens is 919 g/mol. The van der Waals surface area contributed by atoms with Gasteiger partial charge in [-0.1, -0.05) is 32.0 Å². The van der Waals surface area contributed by atoms with Crippen molar-refractivity contribution in [1.29, 1.82) is 0 Å². The van der Waals surface area contributed by atoms with Crippen molar-refractivity contribution in [3.63, 3.8) is 0 Å². The van der Waals surface area contributed by atoms with Crippen molar-refractivity contribution < 1.29 is 36.5 Å². The molecule has 0 radical (unpaired) electrons. The van der Waals surface area contributed by atoms with Gasteiger partial charge in [0.05, 0.1) is 48.7 Å². The fraction of sp³-hybridized carbons (Fsp3) is 0.478. The molecule has 0 saturated carbocycles. The number of carbonyl (C=O) groups is 4. The Kier molecular flexibility index (Phi) is 12.0. The van der Waals surface area contributed by atoms with Crippen LogP contribution in [0.15, 0.2) is 48.7 Å². The lowest BCUT2D eigenvalue weighted by molar-refractivity contribution is -0.139. The normalized spacial score (nSPS) is 22.9. The van der Waals surface area contributed by atoms with Crippen molar-refractivity contribution in [1.82, 2.24) is 40.4 Å². The third-order valence-corrected chi connectivity index (χ3v) is 13.8. The van der Waals surface area contributed by atoms with Gasteiger partial charge in [-0.2, -0.15) is 0 Å². The zero-order chi connectivity index (χ0) is 44.1. The highest BCUT2D eigenvalue weighted by atomic mass is 127. The van der Waals surface area contributed by atoms with Crippen molar-refractivity contribution in [3.05, 3.63) is 65.9 Å². The van der Waals surface area contributed by atoms with E-state index in [4.69, 9.17) is 27.2 Å². The molecule has 4 amide bonds. The number of hydrogen-bond donors (Lipinski definition) is 4. The molecule has 0 bridgehead atoms. The topological polar surface area (TPSA) is 193 Å². The molecule has 4 aliphatic rings. The average molecular weight is 973 g/mol. The molecule has 16 nitrogen and oxygen atoms in total. The number of nitrogens with zero attached hydrogens (tertiary/aromatic N) is 4. The second kappa shape index (κ2) is 17.6. The fourth-order valence-corrected chi connectivity index (χ4v) is 10.2. The Morgan fingerprint density at radius 1 is 0.873 bits per heavy atom. The standard InChI is InChI=1S/C46H53IN8O8/c1-23(2)38(52-45(58)60-5)43(56)54-24(3)8-14-35(54)41-48-20-34(50-41)27-10-12-30-29(17-27)22-62-37-19-31-26(18-32(30)37)11-13-33-40(31)51-42(49-33)36-15-9-25(4)55(36)44(57)39(53-46(59)63-47)28-7-6-16-61-21-28/h10-13,17-20,23-25,28,35-36,38-39H,6-9,14-16,21-22H2,1-5H3,(H,48,50)(H,49,51)(H,52,58)(H,53,59)/t24-,25-,28-,35-,36-,38-,39-/m0/s1. The maximum atomic E-state index is 14.4. The number of nitrogens with one attached hydrogen (secondary N) is 4. The Morgan fingerprint density at radius 2 is 1.63 bits per heavy atom. The number of amides is 4. The predicted molar refractivity (Wildman–Crippen MR) is 243 cm³/mol. The molecular formula is C46H53IN8O8. The summed E-state index contributed by atoms with van der Waals surface area (Å²) in [5.74, 6) is 1.59. The number of aromatic amines is 2. The van der Waals surface area contributed by atoms with Gasteiger partial charge in [-0.25, -0.2) is 19.6 Å². The molecule has 7 atom stereocenters. The molecule has 9 rings (SSSR count). The molecule has 4 aliphatic heterocycles. The Balaban J connectivity index is 0.964. The van der Waals surface area contributed by atoms with E-state index in [1.807, 2.05) is 49.8 Å². The number of imidazole rings is 2. The molecule has 6 heterocycles. The first-order chi connectivity index (χ1) is 30.4. The van der Waals surface area contributed by atoms with E-state index in [1.54, 1.807) is 0 Å². The SMILES string of the molecule is COC(=O)N[C@H](C(=O)N1[C@@H](C)CC[C@H]1c1ncc(-c2ccc3c(c2)COc2cc4c(ccc5[nH]c([C@@H]6CC[C@H](C)N6C(=O)[C@@H](NC(=O)OI)[C@H]6CCCOC6)nc54)cc2-3)[nH]1)C(C)C. The van der Waals surface area contributed by atoms with E-state index in [-0.39, 0.29) is 47.8 Å². The number of hydrogen-bond acceptors (Lipinski definition) is 10. The predicted octanol–water partition coefficient (Wildman–Crippen LogP) is 8.02. The minimum atomic E-state index is -0.772. The van der Waals surface area contributed by atoms with Crippen LogP contribution in [-0.2, 0) is 28.7 Å². The highest BCUT2D eigenvalue weighted by molar-refractivity contribution is 14.1. The van der Waals surface area contributed by atoms with Crippen LogP contribution >= 0.6 is 23.0 Å². The number of methoxy groups -OCH3 is 1. The summed E-state index contributed by atoms with van der Waals surface area (Å²) in [6.07, 6.45) is 5.24. The first kappa shape index (κ1) is 42.9. The van der Waals surface area contributed by atoms with Crippen molar-refractivity contribution in [2.24, 2.45) is 11.8 Å². The number of halogens is 1. The Labute approximate surface area is 379 Å². The highest BCUT2D eigenvalue weighted by Gasteiger charge is 2.44. The number of ether oxygens (including phenoxy) is 3. The van der Waals surface area contributed by atoms with Gasteiger partial charge in [0.2, 0.25) is 11.8 Å². The first-order valence-corrected chi connectivity index (χ1v) is 22.8. The Morgan fingerprint density at radius 3 is 2.35 bits per heavy atom. The van der Waals surface area contributed by atoms with Crippen LogP contribution in [0.1, 0.15) is 95.5 Å². The van der Waals surface area contributed by atoms with Gasteiger partial charge in [0.15, 0.2) is 23.0 Å². The van der Waals surface area contributed by atoms with Crippen LogP contribution in [0.25, 0.3) is 44.2 Å². The van der Waals surface area contributed by atoms with E-state index in [2.05, 4.69) is 57.0 Å². The van der Waals surface area contributed by atoms with E-state index in [1.165, 1.54) is 30.1 Å². The van der Waals surface area contributed by atoms with Gasteiger partial charge in [0, 0.05) is 35.6 Å². The van der Waals surface area contributed by atoms with E-state index < -0.39 is 24.3 Å². The summed E-state index contributed by atoms with van der Waals surface area (Å²) in [6, 6.07) is 12.5. The molecule has 5 aromatic rings. The first-order valence-electron chi connectivity index (χ1n) is 21.9. The maximum Gasteiger partial charge on any atom is 0.417 e. The van der Waals surface area contributed by atoms with Crippen LogP contribution in [-0.4, -0.2) is 98.2 Å². The van der Waals surface area contributed by atoms with Gasteiger partial charge in [-0.15, -0.1) is 0 Å². The summed E-state index contributed by atoms with van der Waals surface area (Å²) in [7, 11) is 1.29. The molecule has 0 unspecified atom stereocenters. The molecule has 17 heteroatoms. The summed E-state index contributed by atoms with van der Waals surface area (Å²) in [5, 5.41) is 7.50. The van der Waals surface area contributed by atoms with Crippen molar-refractivity contribution >= 4 is 68.8 Å². The van der Waals surface area contributed by atoms with Gasteiger partial charge >= 0.3 is 12.2 Å².